The lowest BCUT2D eigenvalue weighted by molar-refractivity contribution is 0.167. The third-order valence-electron chi connectivity index (χ3n) is 3.52. The topological polar surface area (TPSA) is 37.3 Å². The molecule has 0 bridgehead atoms. The van der Waals surface area contributed by atoms with E-state index in [2.05, 4.69) is 39.7 Å². The van der Waals surface area contributed by atoms with Crippen LogP contribution in [0, 0.1) is 0 Å². The van der Waals surface area contributed by atoms with E-state index >= 15 is 0 Å². The predicted octanol–water partition coefficient (Wildman–Crippen LogP) is 3.07. The van der Waals surface area contributed by atoms with E-state index in [-0.39, 0.29) is 18.1 Å². The summed E-state index contributed by atoms with van der Waals surface area (Å²) in [6.07, 6.45) is 2.09. The van der Waals surface area contributed by atoms with Gasteiger partial charge in [-0.1, -0.05) is 6.07 Å². The fraction of sp³-hybridized carbons (Fsp3) is 0.400. The molecule has 2 aromatic heterocycles. The van der Waals surface area contributed by atoms with Crippen LogP contribution < -0.4 is 5.32 Å². The number of urea groups is 1. The molecule has 1 aliphatic rings. The van der Waals surface area contributed by atoms with Crippen LogP contribution in [0.15, 0.2) is 35.8 Å². The minimum atomic E-state index is 0.0193. The van der Waals surface area contributed by atoms with Gasteiger partial charge in [-0.2, -0.15) is 0 Å². The van der Waals surface area contributed by atoms with E-state index in [0.29, 0.717) is 0 Å². The molecular formula is C15H19N3OS. The van der Waals surface area contributed by atoms with Gasteiger partial charge >= 0.3 is 6.03 Å². The van der Waals surface area contributed by atoms with Crippen LogP contribution in [0.25, 0.3) is 0 Å². The van der Waals surface area contributed by atoms with E-state index in [1.54, 1.807) is 11.3 Å². The molecule has 106 valence electrons. The van der Waals surface area contributed by atoms with Crippen LogP contribution in [0.3, 0.4) is 0 Å². The highest BCUT2D eigenvalue weighted by Crippen LogP contribution is 2.34. The van der Waals surface area contributed by atoms with Crippen molar-refractivity contribution in [3.63, 3.8) is 0 Å². The molecule has 3 heterocycles. The van der Waals surface area contributed by atoms with Crippen molar-refractivity contribution in [1.82, 2.24) is 14.8 Å². The van der Waals surface area contributed by atoms with E-state index in [9.17, 15) is 4.79 Å². The quantitative estimate of drug-likeness (QED) is 0.906. The number of nitrogens with one attached hydrogen (secondary N) is 1. The number of aromatic nitrogens is 1. The number of thiophene rings is 1. The summed E-state index contributed by atoms with van der Waals surface area (Å²) in [6, 6.07) is 8.51. The van der Waals surface area contributed by atoms with E-state index in [4.69, 9.17) is 0 Å². The van der Waals surface area contributed by atoms with Crippen LogP contribution in [0.5, 0.6) is 0 Å². The number of amides is 2. The Balaban J connectivity index is 1.96. The third-order valence-corrected chi connectivity index (χ3v) is 4.45. The van der Waals surface area contributed by atoms with Gasteiger partial charge in [0.15, 0.2) is 0 Å². The van der Waals surface area contributed by atoms with Gasteiger partial charge in [0.1, 0.15) is 6.04 Å². The molecule has 0 spiro atoms. The first-order valence-electron chi connectivity index (χ1n) is 6.92. The summed E-state index contributed by atoms with van der Waals surface area (Å²) in [7, 11) is 0. The van der Waals surface area contributed by atoms with Gasteiger partial charge in [-0.3, -0.25) is 0 Å². The molecule has 0 saturated carbocycles. The lowest BCUT2D eigenvalue weighted by atomic mass is 10.1. The van der Waals surface area contributed by atoms with Crippen molar-refractivity contribution in [3.8, 4) is 0 Å². The number of carbonyl (C=O) groups excluding carboxylic acids is 1. The zero-order chi connectivity index (χ0) is 14.1. The number of hydrogen-bond donors (Lipinski definition) is 1. The molecule has 5 heteroatoms. The van der Waals surface area contributed by atoms with E-state index < -0.39 is 0 Å². The molecule has 1 atom stereocenters. The molecule has 0 aliphatic carbocycles. The molecule has 4 nitrogen and oxygen atoms in total. The minimum Gasteiger partial charge on any atom is -0.347 e. The Morgan fingerprint density at radius 3 is 2.90 bits per heavy atom. The molecule has 0 radical (unpaired) electrons. The molecule has 0 aromatic carbocycles. The lowest BCUT2D eigenvalue weighted by Gasteiger charge is -2.37. The highest BCUT2D eigenvalue weighted by Gasteiger charge is 2.32. The zero-order valence-electron chi connectivity index (χ0n) is 11.7. The average Bonchev–Trinajstić information content (AvgIpc) is 3.07. The molecule has 1 N–H and O–H groups in total. The van der Waals surface area contributed by atoms with E-state index in [1.807, 2.05) is 24.8 Å². The van der Waals surface area contributed by atoms with Gasteiger partial charge in [-0.25, -0.2) is 4.79 Å². The Kier molecular flexibility index (Phi) is 3.53. The zero-order valence-corrected chi connectivity index (χ0v) is 12.6. The molecule has 3 rings (SSSR count). The van der Waals surface area contributed by atoms with Gasteiger partial charge in [0.25, 0.3) is 0 Å². The number of nitrogens with zero attached hydrogens (tertiary/aromatic N) is 2. The SMILES string of the molecule is CC(C)NC(=O)N1CCn2cccc2C1c1cccs1. The molecule has 0 saturated heterocycles. The molecule has 0 fully saturated rings. The number of fused-ring (bicyclic) bond motifs is 1. The molecule has 2 aromatic rings. The smallest absolute Gasteiger partial charge is 0.318 e. The Bertz CT molecular complexity index is 588. The molecular weight excluding hydrogens is 270 g/mol. The van der Waals surface area contributed by atoms with E-state index in [1.165, 1.54) is 10.6 Å². The van der Waals surface area contributed by atoms with Gasteiger partial charge in [0.05, 0.1) is 0 Å². The highest BCUT2D eigenvalue weighted by atomic mass is 32.1. The van der Waals surface area contributed by atoms with Gasteiger partial charge in [-0.05, 0) is 37.4 Å². The van der Waals surface area contributed by atoms with Gasteiger partial charge in [0.2, 0.25) is 0 Å². The van der Waals surface area contributed by atoms with Crippen molar-refractivity contribution < 1.29 is 4.79 Å². The first-order valence-corrected chi connectivity index (χ1v) is 7.80. The normalized spacial score (nSPS) is 18.1. The molecule has 20 heavy (non-hydrogen) atoms. The summed E-state index contributed by atoms with van der Waals surface area (Å²) in [6.45, 7) is 5.58. The predicted molar refractivity (Wildman–Crippen MR) is 81.0 cm³/mol. The second-order valence-electron chi connectivity index (χ2n) is 5.34. The standard InChI is InChI=1S/C15H19N3OS/c1-11(2)16-15(19)18-9-8-17-7-3-5-12(17)14(18)13-6-4-10-20-13/h3-7,10-11,14H,8-9H2,1-2H3,(H,16,19). The Morgan fingerprint density at radius 2 is 2.20 bits per heavy atom. The summed E-state index contributed by atoms with van der Waals surface area (Å²) in [4.78, 5) is 15.6. The van der Waals surface area contributed by atoms with E-state index in [0.717, 1.165) is 13.1 Å². The fourth-order valence-corrected chi connectivity index (χ4v) is 3.53. The number of carbonyl (C=O) groups is 1. The van der Waals surface area contributed by atoms with Crippen molar-refractivity contribution in [2.24, 2.45) is 0 Å². The maximum Gasteiger partial charge on any atom is 0.318 e. The fourth-order valence-electron chi connectivity index (χ4n) is 2.68. The number of rotatable bonds is 2. The van der Waals surface area contributed by atoms with Crippen molar-refractivity contribution in [2.45, 2.75) is 32.5 Å². The van der Waals surface area contributed by atoms with Crippen LogP contribution in [0.4, 0.5) is 4.79 Å². The minimum absolute atomic E-state index is 0.0193. The van der Waals surface area contributed by atoms with Crippen LogP contribution in [0.2, 0.25) is 0 Å². The van der Waals surface area contributed by atoms with Crippen LogP contribution in [-0.2, 0) is 6.54 Å². The second-order valence-corrected chi connectivity index (χ2v) is 6.32. The van der Waals surface area contributed by atoms with Crippen LogP contribution in [-0.4, -0.2) is 28.1 Å². The average molecular weight is 289 g/mol. The second kappa shape index (κ2) is 5.32. The van der Waals surface area contributed by atoms with Crippen LogP contribution >= 0.6 is 11.3 Å². The monoisotopic (exact) mass is 289 g/mol. The largest absolute Gasteiger partial charge is 0.347 e. The first-order chi connectivity index (χ1) is 9.66. The summed E-state index contributed by atoms with van der Waals surface area (Å²) >= 11 is 1.70. The van der Waals surface area contributed by atoms with Gasteiger partial charge in [-0.15, -0.1) is 11.3 Å². The Labute approximate surface area is 123 Å². The van der Waals surface area contributed by atoms with Crippen molar-refractivity contribution in [2.75, 3.05) is 6.54 Å². The lowest BCUT2D eigenvalue weighted by Crippen LogP contribution is -2.48. The number of hydrogen-bond acceptors (Lipinski definition) is 2. The van der Waals surface area contributed by atoms with Crippen molar-refractivity contribution >= 4 is 17.4 Å². The summed E-state index contributed by atoms with van der Waals surface area (Å²) in [5, 5.41) is 5.07. The maximum absolute atomic E-state index is 12.5. The highest BCUT2D eigenvalue weighted by molar-refractivity contribution is 7.10. The summed E-state index contributed by atoms with van der Waals surface area (Å²) in [5.41, 5.74) is 1.19. The maximum atomic E-state index is 12.5. The third kappa shape index (κ3) is 2.33. The van der Waals surface area contributed by atoms with Gasteiger partial charge < -0.3 is 14.8 Å². The molecule has 1 unspecified atom stereocenters. The Morgan fingerprint density at radius 1 is 1.35 bits per heavy atom. The summed E-state index contributed by atoms with van der Waals surface area (Å²) < 4.78 is 2.24. The summed E-state index contributed by atoms with van der Waals surface area (Å²) in [5.74, 6) is 0. The molecule has 2 amide bonds. The molecule has 1 aliphatic heterocycles. The van der Waals surface area contributed by atoms with Crippen LogP contribution in [0.1, 0.15) is 30.5 Å². The first kappa shape index (κ1) is 13.2. The van der Waals surface area contributed by atoms with Crippen molar-refractivity contribution in [3.05, 3.63) is 46.4 Å². The van der Waals surface area contributed by atoms with Gasteiger partial charge in [0, 0.05) is 35.9 Å². The van der Waals surface area contributed by atoms with Crippen molar-refractivity contribution in [1.29, 1.82) is 0 Å². The Hall–Kier alpha value is -1.75.